The fourth-order valence-electron chi connectivity index (χ4n) is 2.87. The van der Waals surface area contributed by atoms with E-state index in [0.29, 0.717) is 5.69 Å². The molecule has 0 unspecified atom stereocenters. The highest BCUT2D eigenvalue weighted by atomic mass is 16.5. The van der Waals surface area contributed by atoms with Crippen LogP contribution in [0.3, 0.4) is 0 Å². The Morgan fingerprint density at radius 1 is 0.906 bits per heavy atom. The van der Waals surface area contributed by atoms with Crippen LogP contribution in [0.4, 0.5) is 10.5 Å². The Labute approximate surface area is 187 Å². The van der Waals surface area contributed by atoms with E-state index in [1.807, 2.05) is 50.2 Å². The van der Waals surface area contributed by atoms with Crippen LogP contribution in [0, 0.1) is 19.8 Å². The second kappa shape index (κ2) is 11.6. The lowest BCUT2D eigenvalue weighted by atomic mass is 10.0. The number of ether oxygens (including phenoxy) is 1. The summed E-state index contributed by atoms with van der Waals surface area (Å²) < 4.78 is 5.02. The summed E-state index contributed by atoms with van der Waals surface area (Å²) in [6, 6.07) is 12.8. The summed E-state index contributed by atoms with van der Waals surface area (Å²) in [6.07, 6.45) is 0.122. The zero-order valence-corrected chi connectivity index (χ0v) is 18.7. The lowest BCUT2D eigenvalue weighted by molar-refractivity contribution is -0.152. The Bertz CT molecular complexity index is 973. The molecule has 2 aromatic rings. The summed E-state index contributed by atoms with van der Waals surface area (Å²) in [5, 5.41) is 7.30. The molecule has 0 bridgehead atoms. The molecule has 0 aliphatic heterocycles. The highest BCUT2D eigenvalue weighted by Gasteiger charge is 2.26. The summed E-state index contributed by atoms with van der Waals surface area (Å²) in [5.41, 5.74) is 3.43. The molecule has 0 aromatic heterocycles. The fraction of sp³-hybridized carbons (Fsp3) is 0.333. The van der Waals surface area contributed by atoms with E-state index in [9.17, 15) is 19.2 Å². The molecule has 32 heavy (non-hydrogen) atoms. The maximum atomic E-state index is 12.4. The molecule has 0 heterocycles. The Balaban J connectivity index is 1.82. The van der Waals surface area contributed by atoms with E-state index >= 15 is 0 Å². The number of aryl methyl sites for hydroxylation is 2. The van der Waals surface area contributed by atoms with Gasteiger partial charge in [0.15, 0.2) is 6.61 Å². The van der Waals surface area contributed by atoms with Crippen LogP contribution >= 0.6 is 0 Å². The number of hydrogen-bond acceptors (Lipinski definition) is 5. The molecule has 2 aromatic carbocycles. The fourth-order valence-corrected chi connectivity index (χ4v) is 2.87. The van der Waals surface area contributed by atoms with E-state index in [2.05, 4.69) is 16.0 Å². The van der Waals surface area contributed by atoms with Gasteiger partial charge in [0, 0.05) is 5.69 Å². The van der Waals surface area contributed by atoms with Gasteiger partial charge in [0.1, 0.15) is 6.04 Å². The summed E-state index contributed by atoms with van der Waals surface area (Å²) in [7, 11) is 0. The molecule has 4 amide bonds. The van der Waals surface area contributed by atoms with Gasteiger partial charge in [-0.2, -0.15) is 0 Å². The van der Waals surface area contributed by atoms with Crippen LogP contribution < -0.4 is 16.0 Å². The van der Waals surface area contributed by atoms with Gasteiger partial charge in [-0.25, -0.2) is 9.59 Å². The van der Waals surface area contributed by atoms with Crippen molar-refractivity contribution in [1.29, 1.82) is 0 Å². The smallest absolute Gasteiger partial charge is 0.329 e. The largest absolute Gasteiger partial charge is 0.454 e. The first-order valence-electron chi connectivity index (χ1n) is 10.3. The van der Waals surface area contributed by atoms with Crippen molar-refractivity contribution in [3.63, 3.8) is 0 Å². The van der Waals surface area contributed by atoms with Crippen LogP contribution in [0.15, 0.2) is 48.5 Å². The van der Waals surface area contributed by atoms with Crippen molar-refractivity contribution in [2.24, 2.45) is 5.92 Å². The van der Waals surface area contributed by atoms with Crippen molar-refractivity contribution in [2.45, 2.75) is 40.2 Å². The molecule has 0 aliphatic carbocycles. The van der Waals surface area contributed by atoms with Gasteiger partial charge in [-0.3, -0.25) is 14.9 Å². The molecule has 2 rings (SSSR count). The van der Waals surface area contributed by atoms with Crippen LogP contribution in [0.5, 0.6) is 0 Å². The third-order valence-electron chi connectivity index (χ3n) is 4.81. The summed E-state index contributed by atoms with van der Waals surface area (Å²) in [5.74, 6) is -2.11. The predicted octanol–water partition coefficient (Wildman–Crippen LogP) is 2.88. The number of amides is 4. The van der Waals surface area contributed by atoms with E-state index in [0.717, 1.165) is 16.7 Å². The van der Waals surface area contributed by atoms with E-state index in [4.69, 9.17) is 4.74 Å². The standard InChI is InChI=1S/C24H29N3O5/c1-15(2)22(26-20(28)13-18-8-6-5-7-9-18)23(30)32-14-21(29)27-24(31)25-19-11-10-16(3)17(4)12-19/h5-12,15,22H,13-14H2,1-4H3,(H,26,28)(H2,25,27,29,31)/t22-/m0/s1. The van der Waals surface area contributed by atoms with Crippen LogP contribution in [-0.4, -0.2) is 36.5 Å². The number of nitrogens with one attached hydrogen (secondary N) is 3. The minimum atomic E-state index is -0.914. The zero-order chi connectivity index (χ0) is 23.7. The number of urea groups is 1. The first-order valence-corrected chi connectivity index (χ1v) is 10.3. The van der Waals surface area contributed by atoms with Gasteiger partial charge >= 0.3 is 12.0 Å². The normalized spacial score (nSPS) is 11.4. The van der Waals surface area contributed by atoms with Gasteiger partial charge in [-0.1, -0.05) is 50.2 Å². The SMILES string of the molecule is Cc1ccc(NC(=O)NC(=O)COC(=O)[C@@H](NC(=O)Cc2ccccc2)C(C)C)cc1C. The second-order valence-electron chi connectivity index (χ2n) is 7.86. The third-order valence-corrected chi connectivity index (χ3v) is 4.81. The predicted molar refractivity (Wildman–Crippen MR) is 121 cm³/mol. The van der Waals surface area contributed by atoms with Gasteiger partial charge < -0.3 is 15.4 Å². The van der Waals surface area contributed by atoms with E-state index in [1.165, 1.54) is 0 Å². The molecule has 1 atom stereocenters. The maximum absolute atomic E-state index is 12.4. The van der Waals surface area contributed by atoms with Gasteiger partial charge in [0.25, 0.3) is 5.91 Å². The second-order valence-corrected chi connectivity index (χ2v) is 7.86. The average molecular weight is 440 g/mol. The van der Waals surface area contributed by atoms with Gasteiger partial charge in [-0.05, 0) is 48.6 Å². The third kappa shape index (κ3) is 7.86. The van der Waals surface area contributed by atoms with Crippen LogP contribution in [0.25, 0.3) is 0 Å². The van der Waals surface area contributed by atoms with E-state index in [-0.39, 0.29) is 18.2 Å². The van der Waals surface area contributed by atoms with Crippen LogP contribution in [0.2, 0.25) is 0 Å². The van der Waals surface area contributed by atoms with Crippen molar-refractivity contribution in [1.82, 2.24) is 10.6 Å². The van der Waals surface area contributed by atoms with Crippen LogP contribution in [0.1, 0.15) is 30.5 Å². The molecular formula is C24H29N3O5. The molecule has 3 N–H and O–H groups in total. The summed E-state index contributed by atoms with van der Waals surface area (Å²) >= 11 is 0. The first kappa shape index (κ1) is 24.6. The number of anilines is 1. The van der Waals surface area contributed by atoms with E-state index in [1.54, 1.807) is 26.0 Å². The lowest BCUT2D eigenvalue weighted by Crippen LogP contribution is -2.47. The average Bonchev–Trinajstić information content (AvgIpc) is 2.73. The molecule has 8 heteroatoms. The van der Waals surface area contributed by atoms with Gasteiger partial charge in [-0.15, -0.1) is 0 Å². The van der Waals surface area contributed by atoms with Crippen molar-refractivity contribution >= 4 is 29.5 Å². The number of imide groups is 1. The quantitative estimate of drug-likeness (QED) is 0.548. The molecule has 0 fully saturated rings. The molecule has 170 valence electrons. The highest BCUT2D eigenvalue weighted by molar-refractivity contribution is 6.02. The number of carbonyl (C=O) groups excluding carboxylic acids is 4. The van der Waals surface area contributed by atoms with E-state index < -0.39 is 30.6 Å². The van der Waals surface area contributed by atoms with Crippen molar-refractivity contribution < 1.29 is 23.9 Å². The molecule has 0 radical (unpaired) electrons. The zero-order valence-electron chi connectivity index (χ0n) is 18.7. The number of hydrogen-bond donors (Lipinski definition) is 3. The molecule has 8 nitrogen and oxygen atoms in total. The summed E-state index contributed by atoms with van der Waals surface area (Å²) in [6.45, 7) is 6.73. The Kier molecular flexibility index (Phi) is 8.95. The monoisotopic (exact) mass is 439 g/mol. The molecule has 0 saturated heterocycles. The number of esters is 1. The van der Waals surface area contributed by atoms with Crippen molar-refractivity contribution in [3.8, 4) is 0 Å². The summed E-state index contributed by atoms with van der Waals surface area (Å²) in [4.78, 5) is 48.7. The molecule has 0 aliphatic rings. The van der Waals surface area contributed by atoms with Crippen molar-refractivity contribution in [2.75, 3.05) is 11.9 Å². The molecular weight excluding hydrogens is 410 g/mol. The van der Waals surface area contributed by atoms with Gasteiger partial charge in [0.2, 0.25) is 5.91 Å². The molecule has 0 spiro atoms. The minimum absolute atomic E-state index is 0.122. The first-order chi connectivity index (χ1) is 15.2. The Morgan fingerprint density at radius 3 is 2.22 bits per heavy atom. The highest BCUT2D eigenvalue weighted by Crippen LogP contribution is 2.13. The Hall–Kier alpha value is -3.68. The number of rotatable bonds is 8. The van der Waals surface area contributed by atoms with Gasteiger partial charge in [0.05, 0.1) is 6.42 Å². The number of benzene rings is 2. The minimum Gasteiger partial charge on any atom is -0.454 e. The van der Waals surface area contributed by atoms with Crippen molar-refractivity contribution in [3.05, 3.63) is 65.2 Å². The number of carbonyl (C=O) groups is 4. The lowest BCUT2D eigenvalue weighted by Gasteiger charge is -2.20. The molecule has 0 saturated carbocycles. The van der Waals surface area contributed by atoms with Crippen LogP contribution in [-0.2, 0) is 25.5 Å². The Morgan fingerprint density at radius 2 is 1.59 bits per heavy atom. The topological polar surface area (TPSA) is 114 Å². The maximum Gasteiger partial charge on any atom is 0.329 e.